The number of rotatable bonds is 5. The highest BCUT2D eigenvalue weighted by molar-refractivity contribution is 7.89. The van der Waals surface area contributed by atoms with Crippen LogP contribution in [0.4, 0.5) is 0 Å². The van der Waals surface area contributed by atoms with Crippen LogP contribution in [0.15, 0.2) is 0 Å². The predicted molar refractivity (Wildman–Crippen MR) is 68.4 cm³/mol. The minimum Gasteiger partial charge on any atom is -0.469 e. The fourth-order valence-electron chi connectivity index (χ4n) is 2.10. The summed E-state index contributed by atoms with van der Waals surface area (Å²) in [5, 5.41) is 0. The minimum absolute atomic E-state index is 0.0105. The molecular formula is C11H22N2O4S. The van der Waals surface area contributed by atoms with Crippen LogP contribution in [0.25, 0.3) is 0 Å². The molecule has 18 heavy (non-hydrogen) atoms. The first-order valence-electron chi connectivity index (χ1n) is 6.17. The van der Waals surface area contributed by atoms with Crippen LogP contribution in [-0.4, -0.2) is 50.7 Å². The average molecular weight is 278 g/mol. The third-order valence-electron chi connectivity index (χ3n) is 3.35. The van der Waals surface area contributed by atoms with Crippen LogP contribution in [0.3, 0.4) is 0 Å². The lowest BCUT2D eigenvalue weighted by Crippen LogP contribution is -2.45. The molecule has 2 N–H and O–H groups in total. The van der Waals surface area contributed by atoms with Gasteiger partial charge in [-0.25, -0.2) is 12.7 Å². The van der Waals surface area contributed by atoms with E-state index in [1.54, 1.807) is 0 Å². The van der Waals surface area contributed by atoms with Crippen LogP contribution in [0.2, 0.25) is 0 Å². The van der Waals surface area contributed by atoms with Crippen LogP contribution < -0.4 is 5.73 Å². The summed E-state index contributed by atoms with van der Waals surface area (Å²) in [5.74, 6) is -0.489. The van der Waals surface area contributed by atoms with Gasteiger partial charge in [0.15, 0.2) is 0 Å². The quantitative estimate of drug-likeness (QED) is 0.711. The maximum atomic E-state index is 12.1. The van der Waals surface area contributed by atoms with E-state index in [0.717, 1.165) is 12.8 Å². The second kappa shape index (κ2) is 6.49. The van der Waals surface area contributed by atoms with Gasteiger partial charge in [-0.2, -0.15) is 0 Å². The van der Waals surface area contributed by atoms with Gasteiger partial charge in [0.05, 0.1) is 19.3 Å². The highest BCUT2D eigenvalue weighted by Crippen LogP contribution is 2.21. The van der Waals surface area contributed by atoms with Crippen molar-refractivity contribution in [3.8, 4) is 0 Å². The fourth-order valence-corrected chi connectivity index (χ4v) is 3.61. The van der Waals surface area contributed by atoms with Crippen molar-refractivity contribution in [1.29, 1.82) is 0 Å². The Morgan fingerprint density at radius 3 is 2.78 bits per heavy atom. The van der Waals surface area contributed by atoms with Gasteiger partial charge in [0.1, 0.15) is 0 Å². The number of ether oxygens (including phenoxy) is 1. The molecule has 1 heterocycles. The molecule has 1 rings (SSSR count). The Bertz CT molecular complexity index is 381. The third kappa shape index (κ3) is 4.22. The maximum Gasteiger partial charge on any atom is 0.306 e. The zero-order valence-electron chi connectivity index (χ0n) is 11.0. The van der Waals surface area contributed by atoms with E-state index >= 15 is 0 Å². The number of nitrogens with two attached hydrogens (primary N) is 1. The molecule has 0 aromatic rings. The second-order valence-corrected chi connectivity index (χ2v) is 6.85. The largest absolute Gasteiger partial charge is 0.469 e. The molecule has 0 amide bonds. The molecule has 2 unspecified atom stereocenters. The van der Waals surface area contributed by atoms with Crippen molar-refractivity contribution in [2.75, 3.05) is 26.0 Å². The molecule has 0 radical (unpaired) electrons. The molecule has 1 saturated heterocycles. The monoisotopic (exact) mass is 278 g/mol. The number of hydrogen-bond acceptors (Lipinski definition) is 5. The Kier molecular flexibility index (Phi) is 5.55. The predicted octanol–water partition coefficient (Wildman–Crippen LogP) is -0.0615. The fraction of sp³-hybridized carbons (Fsp3) is 0.909. The molecule has 6 nitrogen and oxygen atoms in total. The van der Waals surface area contributed by atoms with E-state index in [2.05, 4.69) is 4.74 Å². The SMILES string of the molecule is COC(=O)CCS(=O)(=O)N1CCCC(C(C)N)C1. The van der Waals surface area contributed by atoms with Gasteiger partial charge in [0, 0.05) is 19.1 Å². The number of esters is 1. The van der Waals surface area contributed by atoms with E-state index in [0.29, 0.717) is 13.1 Å². The summed E-state index contributed by atoms with van der Waals surface area (Å²) in [6.45, 7) is 2.88. The molecular weight excluding hydrogens is 256 g/mol. The molecule has 0 aromatic carbocycles. The van der Waals surface area contributed by atoms with Crippen LogP contribution in [0.1, 0.15) is 26.2 Å². The minimum atomic E-state index is -3.38. The molecule has 2 atom stereocenters. The van der Waals surface area contributed by atoms with Gasteiger partial charge in [-0.15, -0.1) is 0 Å². The van der Waals surface area contributed by atoms with E-state index < -0.39 is 16.0 Å². The van der Waals surface area contributed by atoms with Gasteiger partial charge in [0.25, 0.3) is 0 Å². The normalized spacial score (nSPS) is 23.6. The zero-order valence-corrected chi connectivity index (χ0v) is 11.8. The van der Waals surface area contributed by atoms with Gasteiger partial charge >= 0.3 is 5.97 Å². The summed E-state index contributed by atoms with van der Waals surface area (Å²) in [6.07, 6.45) is 1.68. The second-order valence-electron chi connectivity index (χ2n) is 4.76. The van der Waals surface area contributed by atoms with Crippen molar-refractivity contribution in [3.63, 3.8) is 0 Å². The standard InChI is InChI=1S/C11H22N2O4S/c1-9(12)10-4-3-6-13(8-10)18(15,16)7-5-11(14)17-2/h9-10H,3-8,12H2,1-2H3. The van der Waals surface area contributed by atoms with Crippen molar-refractivity contribution < 1.29 is 17.9 Å². The van der Waals surface area contributed by atoms with Gasteiger partial charge in [0.2, 0.25) is 10.0 Å². The van der Waals surface area contributed by atoms with Gasteiger partial charge in [-0.3, -0.25) is 4.79 Å². The van der Waals surface area contributed by atoms with E-state index in [4.69, 9.17) is 5.73 Å². The summed E-state index contributed by atoms with van der Waals surface area (Å²) in [4.78, 5) is 11.0. The van der Waals surface area contributed by atoms with E-state index in [-0.39, 0.29) is 24.1 Å². The molecule has 1 aliphatic heterocycles. The van der Waals surface area contributed by atoms with Crippen molar-refractivity contribution in [3.05, 3.63) is 0 Å². The first-order chi connectivity index (χ1) is 8.36. The molecule has 0 aliphatic carbocycles. The summed E-state index contributed by atoms with van der Waals surface area (Å²) in [5.41, 5.74) is 5.82. The van der Waals surface area contributed by atoms with Crippen molar-refractivity contribution in [2.45, 2.75) is 32.2 Å². The molecule has 0 spiro atoms. The Morgan fingerprint density at radius 2 is 2.22 bits per heavy atom. The van der Waals surface area contributed by atoms with Crippen LogP contribution in [-0.2, 0) is 19.6 Å². The first-order valence-corrected chi connectivity index (χ1v) is 7.78. The summed E-state index contributed by atoms with van der Waals surface area (Å²) in [7, 11) is -2.13. The Morgan fingerprint density at radius 1 is 1.56 bits per heavy atom. The lowest BCUT2D eigenvalue weighted by Gasteiger charge is -2.33. The molecule has 106 valence electrons. The Labute approximate surface area is 109 Å². The number of methoxy groups -OCH3 is 1. The zero-order chi connectivity index (χ0) is 13.8. The maximum absolute atomic E-state index is 12.1. The number of carbonyl (C=O) groups is 1. The number of piperidine rings is 1. The summed E-state index contributed by atoms with van der Waals surface area (Å²) in [6, 6.07) is -0.0105. The van der Waals surface area contributed by atoms with Crippen LogP contribution >= 0.6 is 0 Å². The molecule has 1 fully saturated rings. The Balaban J connectivity index is 2.59. The number of carbonyl (C=O) groups excluding carboxylic acids is 1. The summed E-state index contributed by atoms with van der Waals surface area (Å²) < 4.78 is 30.0. The number of hydrogen-bond donors (Lipinski definition) is 1. The summed E-state index contributed by atoms with van der Waals surface area (Å²) >= 11 is 0. The highest BCUT2D eigenvalue weighted by atomic mass is 32.2. The topological polar surface area (TPSA) is 89.7 Å². The van der Waals surface area contributed by atoms with Gasteiger partial charge < -0.3 is 10.5 Å². The van der Waals surface area contributed by atoms with Crippen LogP contribution in [0.5, 0.6) is 0 Å². The molecule has 0 bridgehead atoms. The van der Waals surface area contributed by atoms with Gasteiger partial charge in [-0.05, 0) is 25.7 Å². The first kappa shape index (κ1) is 15.4. The molecule has 1 aliphatic rings. The number of nitrogens with zero attached hydrogens (tertiary/aromatic N) is 1. The van der Waals surface area contributed by atoms with Crippen LogP contribution in [0, 0.1) is 5.92 Å². The third-order valence-corrected chi connectivity index (χ3v) is 5.19. The lowest BCUT2D eigenvalue weighted by atomic mass is 9.93. The van der Waals surface area contributed by atoms with Crippen molar-refractivity contribution in [2.24, 2.45) is 11.7 Å². The van der Waals surface area contributed by atoms with Gasteiger partial charge in [-0.1, -0.05) is 0 Å². The molecule has 0 saturated carbocycles. The highest BCUT2D eigenvalue weighted by Gasteiger charge is 2.30. The van der Waals surface area contributed by atoms with E-state index in [1.807, 2.05) is 6.92 Å². The average Bonchev–Trinajstić information content (AvgIpc) is 2.36. The Hall–Kier alpha value is -0.660. The van der Waals surface area contributed by atoms with Crippen molar-refractivity contribution in [1.82, 2.24) is 4.31 Å². The number of sulfonamides is 1. The van der Waals surface area contributed by atoms with Crippen molar-refractivity contribution >= 4 is 16.0 Å². The molecule has 7 heteroatoms. The van der Waals surface area contributed by atoms with E-state index in [1.165, 1.54) is 11.4 Å². The molecule has 0 aromatic heterocycles. The smallest absolute Gasteiger partial charge is 0.306 e. The lowest BCUT2D eigenvalue weighted by molar-refractivity contribution is -0.140. The van der Waals surface area contributed by atoms with E-state index in [9.17, 15) is 13.2 Å².